The molecule has 0 aliphatic carbocycles. The highest BCUT2D eigenvalue weighted by Crippen LogP contribution is 2.26. The number of carbonyl (C=O) groups is 1. The van der Waals surface area contributed by atoms with Gasteiger partial charge in [0.2, 0.25) is 0 Å². The number of aryl methyl sites for hydroxylation is 1. The second-order valence-corrected chi connectivity index (χ2v) is 8.97. The van der Waals surface area contributed by atoms with Gasteiger partial charge in [0.25, 0.3) is 5.91 Å². The average Bonchev–Trinajstić information content (AvgIpc) is 2.96. The molecule has 0 spiro atoms. The fourth-order valence-electron chi connectivity index (χ4n) is 3.13. The summed E-state index contributed by atoms with van der Waals surface area (Å²) in [5.41, 5.74) is 3.68. The van der Waals surface area contributed by atoms with Crippen molar-refractivity contribution in [3.05, 3.63) is 75.2 Å². The Morgan fingerprint density at radius 1 is 1.07 bits per heavy atom. The van der Waals surface area contributed by atoms with Crippen molar-refractivity contribution < 1.29 is 9.18 Å². The standard InChI is InChI=1S/C23H25FN2OS/c1-6-26-20(16-9-13-19(24)14-10-16)15(2)28-22(26)25-21(27)17-7-11-18(12-8-17)23(3,4)5/h7-14H,6H2,1-5H3. The van der Waals surface area contributed by atoms with Crippen molar-refractivity contribution in [2.75, 3.05) is 0 Å². The molecule has 3 rings (SSSR count). The molecule has 0 saturated carbocycles. The van der Waals surface area contributed by atoms with E-state index in [0.717, 1.165) is 16.1 Å². The van der Waals surface area contributed by atoms with Crippen LogP contribution in [0, 0.1) is 12.7 Å². The maximum absolute atomic E-state index is 13.3. The molecule has 28 heavy (non-hydrogen) atoms. The van der Waals surface area contributed by atoms with E-state index in [0.29, 0.717) is 16.9 Å². The van der Waals surface area contributed by atoms with Crippen molar-refractivity contribution in [2.24, 2.45) is 4.99 Å². The number of thiazole rings is 1. The second-order valence-electron chi connectivity index (χ2n) is 7.78. The van der Waals surface area contributed by atoms with Crippen LogP contribution in [-0.2, 0) is 12.0 Å². The van der Waals surface area contributed by atoms with E-state index in [1.54, 1.807) is 12.1 Å². The first kappa shape index (κ1) is 20.2. The van der Waals surface area contributed by atoms with Gasteiger partial charge in [0.15, 0.2) is 4.80 Å². The predicted molar refractivity (Wildman–Crippen MR) is 113 cm³/mol. The predicted octanol–water partition coefficient (Wildman–Crippen LogP) is 5.72. The molecule has 1 amide bonds. The van der Waals surface area contributed by atoms with Gasteiger partial charge in [0, 0.05) is 17.0 Å². The fraction of sp³-hybridized carbons (Fsp3) is 0.304. The van der Waals surface area contributed by atoms with Crippen molar-refractivity contribution in [2.45, 2.75) is 46.6 Å². The first-order valence-electron chi connectivity index (χ1n) is 9.36. The summed E-state index contributed by atoms with van der Waals surface area (Å²) >= 11 is 1.48. The highest BCUT2D eigenvalue weighted by Gasteiger charge is 2.16. The van der Waals surface area contributed by atoms with E-state index in [4.69, 9.17) is 0 Å². The van der Waals surface area contributed by atoms with Crippen molar-refractivity contribution in [1.29, 1.82) is 0 Å². The molecular weight excluding hydrogens is 371 g/mol. The van der Waals surface area contributed by atoms with Crippen LogP contribution in [0.25, 0.3) is 11.3 Å². The van der Waals surface area contributed by atoms with E-state index in [1.807, 2.05) is 42.7 Å². The summed E-state index contributed by atoms with van der Waals surface area (Å²) in [6.07, 6.45) is 0. The molecule has 0 N–H and O–H groups in total. The number of nitrogens with zero attached hydrogens (tertiary/aromatic N) is 2. The van der Waals surface area contributed by atoms with Crippen LogP contribution in [-0.4, -0.2) is 10.5 Å². The van der Waals surface area contributed by atoms with Gasteiger partial charge in [-0.15, -0.1) is 11.3 Å². The fourth-order valence-corrected chi connectivity index (χ4v) is 4.19. The largest absolute Gasteiger partial charge is 0.316 e. The van der Waals surface area contributed by atoms with E-state index in [1.165, 1.54) is 29.0 Å². The molecule has 1 aromatic heterocycles. The quantitative estimate of drug-likeness (QED) is 0.557. The first-order chi connectivity index (χ1) is 13.2. The number of halogens is 1. The van der Waals surface area contributed by atoms with Gasteiger partial charge in [-0.25, -0.2) is 4.39 Å². The summed E-state index contributed by atoms with van der Waals surface area (Å²) in [6.45, 7) is 11.1. The number of hydrogen-bond acceptors (Lipinski definition) is 2. The molecule has 0 atom stereocenters. The third-order valence-corrected chi connectivity index (χ3v) is 5.70. The summed E-state index contributed by atoms with van der Waals surface area (Å²) in [6, 6.07) is 14.1. The van der Waals surface area contributed by atoms with Crippen molar-refractivity contribution in [3.8, 4) is 11.3 Å². The Morgan fingerprint density at radius 2 is 1.68 bits per heavy atom. The molecule has 0 aliphatic rings. The van der Waals surface area contributed by atoms with Gasteiger partial charge in [-0.1, -0.05) is 32.9 Å². The lowest BCUT2D eigenvalue weighted by Crippen LogP contribution is -2.17. The molecule has 2 aromatic carbocycles. The highest BCUT2D eigenvalue weighted by atomic mass is 32.1. The molecule has 0 aliphatic heterocycles. The van der Waals surface area contributed by atoms with Crippen LogP contribution in [0.5, 0.6) is 0 Å². The number of aromatic nitrogens is 1. The minimum atomic E-state index is -0.265. The zero-order valence-electron chi connectivity index (χ0n) is 16.9. The molecule has 3 nitrogen and oxygen atoms in total. The minimum Gasteiger partial charge on any atom is -0.316 e. The van der Waals surface area contributed by atoms with Crippen LogP contribution in [0.3, 0.4) is 0 Å². The molecule has 3 aromatic rings. The number of amides is 1. The van der Waals surface area contributed by atoms with Crippen molar-refractivity contribution in [1.82, 2.24) is 4.57 Å². The molecule has 0 unspecified atom stereocenters. The summed E-state index contributed by atoms with van der Waals surface area (Å²) in [4.78, 5) is 18.8. The van der Waals surface area contributed by atoms with Crippen LogP contribution in [0.15, 0.2) is 53.5 Å². The Labute approximate surface area is 169 Å². The van der Waals surface area contributed by atoms with E-state index in [-0.39, 0.29) is 17.1 Å². The van der Waals surface area contributed by atoms with E-state index in [9.17, 15) is 9.18 Å². The lowest BCUT2D eigenvalue weighted by molar-refractivity contribution is 0.0997. The summed E-state index contributed by atoms with van der Waals surface area (Å²) in [7, 11) is 0. The van der Waals surface area contributed by atoms with Gasteiger partial charge in [-0.05, 0) is 66.8 Å². The Bertz CT molecular complexity index is 1050. The van der Waals surface area contributed by atoms with Crippen LogP contribution >= 0.6 is 11.3 Å². The Balaban J connectivity index is 2.01. The second kappa shape index (κ2) is 7.84. The van der Waals surface area contributed by atoms with Gasteiger partial charge in [-0.3, -0.25) is 4.79 Å². The zero-order valence-corrected chi connectivity index (χ0v) is 17.7. The van der Waals surface area contributed by atoms with Crippen LogP contribution in [0.1, 0.15) is 48.5 Å². The van der Waals surface area contributed by atoms with Crippen molar-refractivity contribution in [3.63, 3.8) is 0 Å². The van der Waals surface area contributed by atoms with E-state index >= 15 is 0 Å². The molecule has 0 saturated heterocycles. The van der Waals surface area contributed by atoms with Crippen LogP contribution < -0.4 is 4.80 Å². The number of hydrogen-bond donors (Lipinski definition) is 0. The van der Waals surface area contributed by atoms with Crippen LogP contribution in [0.4, 0.5) is 4.39 Å². The minimum absolute atomic E-state index is 0.0406. The lowest BCUT2D eigenvalue weighted by Gasteiger charge is -2.18. The molecular formula is C23H25FN2OS. The Kier molecular flexibility index (Phi) is 5.66. The van der Waals surface area contributed by atoms with E-state index in [2.05, 4.69) is 25.8 Å². The van der Waals surface area contributed by atoms with Crippen molar-refractivity contribution >= 4 is 17.2 Å². The maximum atomic E-state index is 13.3. The van der Waals surface area contributed by atoms with Gasteiger partial charge >= 0.3 is 0 Å². The van der Waals surface area contributed by atoms with Gasteiger partial charge in [0.05, 0.1) is 5.69 Å². The van der Waals surface area contributed by atoms with Gasteiger partial charge in [0.1, 0.15) is 5.82 Å². The Morgan fingerprint density at radius 3 is 2.21 bits per heavy atom. The SMILES string of the molecule is CCn1c(-c2ccc(F)cc2)c(C)sc1=NC(=O)c1ccc(C(C)(C)C)cc1. The molecule has 1 heterocycles. The smallest absolute Gasteiger partial charge is 0.279 e. The molecule has 0 radical (unpaired) electrons. The van der Waals surface area contributed by atoms with Gasteiger partial charge < -0.3 is 4.57 Å². The number of carbonyl (C=O) groups excluding carboxylic acids is 1. The third-order valence-electron chi connectivity index (χ3n) is 4.71. The summed E-state index contributed by atoms with van der Waals surface area (Å²) < 4.78 is 15.3. The number of rotatable bonds is 3. The molecule has 0 bridgehead atoms. The monoisotopic (exact) mass is 396 g/mol. The number of benzene rings is 2. The third kappa shape index (κ3) is 4.14. The van der Waals surface area contributed by atoms with Crippen LogP contribution in [0.2, 0.25) is 0 Å². The normalized spacial score (nSPS) is 12.4. The first-order valence-corrected chi connectivity index (χ1v) is 10.2. The lowest BCUT2D eigenvalue weighted by atomic mass is 9.87. The summed E-state index contributed by atoms with van der Waals surface area (Å²) in [5.74, 6) is -0.520. The molecule has 0 fully saturated rings. The molecule has 146 valence electrons. The maximum Gasteiger partial charge on any atom is 0.279 e. The van der Waals surface area contributed by atoms with E-state index < -0.39 is 0 Å². The highest BCUT2D eigenvalue weighted by molar-refractivity contribution is 7.09. The average molecular weight is 397 g/mol. The summed E-state index contributed by atoms with van der Waals surface area (Å²) in [5, 5.41) is 0. The Hall–Kier alpha value is -2.53. The molecule has 5 heteroatoms. The van der Waals surface area contributed by atoms with Gasteiger partial charge in [-0.2, -0.15) is 4.99 Å². The zero-order chi connectivity index (χ0) is 20.5. The topological polar surface area (TPSA) is 34.4 Å².